The molecule has 1 aliphatic rings. The average Bonchev–Trinajstić information content (AvgIpc) is 3.44. The highest BCUT2D eigenvalue weighted by molar-refractivity contribution is 5.92. The van der Waals surface area contributed by atoms with Gasteiger partial charge in [-0.2, -0.15) is 5.10 Å². The van der Waals surface area contributed by atoms with Gasteiger partial charge in [0.1, 0.15) is 11.6 Å². The molecule has 0 spiro atoms. The lowest BCUT2D eigenvalue weighted by Gasteiger charge is -2.24. The number of benzene rings is 2. The molecule has 0 radical (unpaired) electrons. The zero-order chi connectivity index (χ0) is 21.2. The molecule has 1 unspecified atom stereocenters. The van der Waals surface area contributed by atoms with E-state index in [9.17, 15) is 9.18 Å². The monoisotopic (exact) mass is 415 g/mol. The highest BCUT2D eigenvalue weighted by Gasteiger charge is 2.27. The highest BCUT2D eigenvalue weighted by Crippen LogP contribution is 2.31. The van der Waals surface area contributed by atoms with Crippen LogP contribution in [0.1, 0.15) is 46.3 Å². The molecule has 4 aromatic rings. The first-order valence-corrected chi connectivity index (χ1v) is 10.4. The van der Waals surface area contributed by atoms with Crippen LogP contribution in [-0.2, 0) is 13.0 Å². The molecule has 1 aliphatic carbocycles. The number of carbonyl (C=O) groups excluding carboxylic acids is 1. The van der Waals surface area contributed by atoms with Crippen molar-refractivity contribution in [1.82, 2.24) is 15.1 Å². The largest absolute Gasteiger partial charge is 0.451 e. The number of hydrogen-bond acceptors (Lipinski definition) is 3. The summed E-state index contributed by atoms with van der Waals surface area (Å²) in [5.41, 5.74) is 4.17. The SMILES string of the molecule is O=C(NC1CCCc2c1cnn2Cc1ccccc1)c1ccc(-c2ccc(F)cc2)o1. The van der Waals surface area contributed by atoms with Crippen LogP contribution in [0.3, 0.4) is 0 Å². The molecule has 5 nitrogen and oxygen atoms in total. The lowest BCUT2D eigenvalue weighted by Crippen LogP contribution is -2.30. The summed E-state index contributed by atoms with van der Waals surface area (Å²) in [6, 6.07) is 19.5. The fourth-order valence-corrected chi connectivity index (χ4v) is 4.12. The fourth-order valence-electron chi connectivity index (χ4n) is 4.12. The van der Waals surface area contributed by atoms with Gasteiger partial charge in [-0.1, -0.05) is 30.3 Å². The zero-order valence-electron chi connectivity index (χ0n) is 16.9. The van der Waals surface area contributed by atoms with E-state index in [-0.39, 0.29) is 23.5 Å². The second-order valence-electron chi connectivity index (χ2n) is 7.78. The molecular weight excluding hydrogens is 393 g/mol. The van der Waals surface area contributed by atoms with Crippen LogP contribution >= 0.6 is 0 Å². The maximum absolute atomic E-state index is 13.1. The van der Waals surface area contributed by atoms with Crippen LogP contribution in [0.4, 0.5) is 4.39 Å². The maximum atomic E-state index is 13.1. The molecule has 6 heteroatoms. The number of amides is 1. The number of aromatic nitrogens is 2. The van der Waals surface area contributed by atoms with E-state index in [1.54, 1.807) is 24.3 Å². The molecule has 2 aromatic heterocycles. The van der Waals surface area contributed by atoms with E-state index < -0.39 is 0 Å². The molecule has 1 N–H and O–H groups in total. The van der Waals surface area contributed by atoms with E-state index in [0.29, 0.717) is 5.76 Å². The first-order valence-electron chi connectivity index (χ1n) is 10.4. The van der Waals surface area contributed by atoms with Crippen molar-refractivity contribution < 1.29 is 13.6 Å². The predicted octanol–water partition coefficient (Wildman–Crippen LogP) is 5.14. The molecule has 31 heavy (non-hydrogen) atoms. The second kappa shape index (κ2) is 8.22. The molecule has 5 rings (SSSR count). The lowest BCUT2D eigenvalue weighted by molar-refractivity contribution is 0.0905. The van der Waals surface area contributed by atoms with Crippen molar-refractivity contribution >= 4 is 5.91 Å². The quantitative estimate of drug-likeness (QED) is 0.491. The molecule has 2 aromatic carbocycles. The third-order valence-corrected chi connectivity index (χ3v) is 5.70. The predicted molar refractivity (Wildman–Crippen MR) is 115 cm³/mol. The molecule has 0 saturated heterocycles. The Balaban J connectivity index is 1.31. The summed E-state index contributed by atoms with van der Waals surface area (Å²) in [4.78, 5) is 12.8. The molecule has 1 amide bonds. The van der Waals surface area contributed by atoms with Gasteiger partial charge in [-0.05, 0) is 61.2 Å². The Morgan fingerprint density at radius 3 is 2.71 bits per heavy atom. The van der Waals surface area contributed by atoms with Gasteiger partial charge in [0.2, 0.25) is 0 Å². The van der Waals surface area contributed by atoms with Crippen molar-refractivity contribution in [3.8, 4) is 11.3 Å². The third-order valence-electron chi connectivity index (χ3n) is 5.70. The van der Waals surface area contributed by atoms with Crippen LogP contribution in [0, 0.1) is 5.82 Å². The van der Waals surface area contributed by atoms with Crippen molar-refractivity contribution in [3.63, 3.8) is 0 Å². The smallest absolute Gasteiger partial charge is 0.287 e. The number of halogens is 1. The van der Waals surface area contributed by atoms with Crippen LogP contribution in [0.2, 0.25) is 0 Å². The Bertz CT molecular complexity index is 1200. The van der Waals surface area contributed by atoms with Crippen molar-refractivity contribution in [3.05, 3.63) is 101 Å². The van der Waals surface area contributed by atoms with Gasteiger partial charge in [-0.25, -0.2) is 4.39 Å². The number of nitrogens with zero attached hydrogens (tertiary/aromatic N) is 2. The van der Waals surface area contributed by atoms with Gasteiger partial charge < -0.3 is 9.73 Å². The molecule has 1 atom stereocenters. The number of rotatable bonds is 5. The Kier molecular flexibility index (Phi) is 5.12. The fraction of sp³-hybridized carbons (Fsp3) is 0.200. The molecule has 156 valence electrons. The molecule has 0 bridgehead atoms. The van der Waals surface area contributed by atoms with Crippen molar-refractivity contribution in [2.24, 2.45) is 0 Å². The van der Waals surface area contributed by atoms with Crippen LogP contribution in [-0.4, -0.2) is 15.7 Å². The lowest BCUT2D eigenvalue weighted by atomic mass is 9.93. The summed E-state index contributed by atoms with van der Waals surface area (Å²) >= 11 is 0. The minimum Gasteiger partial charge on any atom is -0.451 e. The summed E-state index contributed by atoms with van der Waals surface area (Å²) in [6.45, 7) is 0.718. The molecule has 0 aliphatic heterocycles. The van der Waals surface area contributed by atoms with Gasteiger partial charge >= 0.3 is 0 Å². The third kappa shape index (κ3) is 4.01. The topological polar surface area (TPSA) is 60.1 Å². The normalized spacial score (nSPS) is 15.5. The molecule has 2 heterocycles. The van der Waals surface area contributed by atoms with Crippen molar-refractivity contribution in [2.45, 2.75) is 31.8 Å². The Labute approximate surface area is 179 Å². The molecule has 0 saturated carbocycles. The summed E-state index contributed by atoms with van der Waals surface area (Å²) in [5.74, 6) is 0.199. The Morgan fingerprint density at radius 1 is 1.10 bits per heavy atom. The Hall–Kier alpha value is -3.67. The number of hydrogen-bond donors (Lipinski definition) is 1. The first kappa shape index (κ1) is 19.3. The molecular formula is C25H22FN3O2. The number of carbonyl (C=O) groups is 1. The summed E-state index contributed by atoms with van der Waals surface area (Å²) in [5, 5.41) is 7.68. The maximum Gasteiger partial charge on any atom is 0.287 e. The van der Waals surface area contributed by atoms with Gasteiger partial charge in [0.15, 0.2) is 5.76 Å². The number of furan rings is 1. The number of nitrogens with one attached hydrogen (secondary N) is 1. The van der Waals surface area contributed by atoms with Gasteiger partial charge in [-0.15, -0.1) is 0 Å². The first-order chi connectivity index (χ1) is 15.2. The summed E-state index contributed by atoms with van der Waals surface area (Å²) in [7, 11) is 0. The van der Waals surface area contributed by atoms with E-state index in [2.05, 4.69) is 22.5 Å². The van der Waals surface area contributed by atoms with Gasteiger partial charge in [0.25, 0.3) is 5.91 Å². The van der Waals surface area contributed by atoms with E-state index >= 15 is 0 Å². The van der Waals surface area contributed by atoms with Gasteiger partial charge in [0, 0.05) is 16.8 Å². The van der Waals surface area contributed by atoms with Crippen molar-refractivity contribution in [1.29, 1.82) is 0 Å². The van der Waals surface area contributed by atoms with Crippen LogP contribution in [0.25, 0.3) is 11.3 Å². The second-order valence-corrected chi connectivity index (χ2v) is 7.78. The summed E-state index contributed by atoms with van der Waals surface area (Å²) < 4.78 is 20.9. The van der Waals surface area contributed by atoms with E-state index in [1.807, 2.05) is 29.1 Å². The number of fused-ring (bicyclic) bond motifs is 1. The van der Waals surface area contributed by atoms with Crippen LogP contribution in [0.5, 0.6) is 0 Å². The van der Waals surface area contributed by atoms with E-state index in [4.69, 9.17) is 4.42 Å². The van der Waals surface area contributed by atoms with Crippen LogP contribution in [0.15, 0.2) is 77.3 Å². The minimum atomic E-state index is -0.311. The molecule has 0 fully saturated rings. The van der Waals surface area contributed by atoms with Gasteiger partial charge in [0.05, 0.1) is 18.8 Å². The van der Waals surface area contributed by atoms with Crippen LogP contribution < -0.4 is 5.32 Å². The van der Waals surface area contributed by atoms with Gasteiger partial charge in [-0.3, -0.25) is 9.48 Å². The zero-order valence-corrected chi connectivity index (χ0v) is 16.9. The highest BCUT2D eigenvalue weighted by atomic mass is 19.1. The summed E-state index contributed by atoms with van der Waals surface area (Å²) in [6.07, 6.45) is 4.66. The standard InChI is InChI=1S/C25H22FN3O2/c26-19-11-9-18(10-12-19)23-13-14-24(31-23)25(30)28-21-7-4-8-22-20(21)15-27-29(22)16-17-5-2-1-3-6-17/h1-3,5-6,9-15,21H,4,7-8,16H2,(H,28,30). The van der Waals surface area contributed by atoms with Crippen molar-refractivity contribution in [2.75, 3.05) is 0 Å². The van der Waals surface area contributed by atoms with E-state index in [0.717, 1.165) is 36.9 Å². The Morgan fingerprint density at radius 2 is 1.90 bits per heavy atom. The average molecular weight is 415 g/mol. The van der Waals surface area contributed by atoms with E-state index in [1.165, 1.54) is 23.4 Å². The minimum absolute atomic E-state index is 0.0971.